The number of benzene rings is 2. The highest BCUT2D eigenvalue weighted by Gasteiger charge is 2.14. The molecule has 4 aromatic rings. The zero-order chi connectivity index (χ0) is 19.3. The average molecular weight is 374 g/mol. The molecule has 2 aromatic carbocycles. The highest BCUT2D eigenvalue weighted by Crippen LogP contribution is 2.35. The highest BCUT2D eigenvalue weighted by atomic mass is 16.5. The van der Waals surface area contributed by atoms with Gasteiger partial charge in [-0.25, -0.2) is 15.0 Å². The topological polar surface area (TPSA) is 94.1 Å². The highest BCUT2D eigenvalue weighted by molar-refractivity contribution is 5.94. The van der Waals surface area contributed by atoms with E-state index in [-0.39, 0.29) is 0 Å². The fraction of sp³-hybridized carbons (Fsp3) is 0.100. The Balaban J connectivity index is 1.84. The number of aromatic nitrogens is 4. The quantitative estimate of drug-likeness (QED) is 0.524. The van der Waals surface area contributed by atoms with Gasteiger partial charge in [-0.15, -0.1) is 0 Å². The van der Waals surface area contributed by atoms with E-state index in [4.69, 9.17) is 9.47 Å². The first kappa shape index (κ1) is 17.5. The van der Waals surface area contributed by atoms with E-state index in [1.807, 2.05) is 42.5 Å². The summed E-state index contributed by atoms with van der Waals surface area (Å²) in [5.41, 5.74) is 1.59. The summed E-state index contributed by atoms with van der Waals surface area (Å²) in [7, 11) is 3.18. The first-order chi connectivity index (χ1) is 13.8. The van der Waals surface area contributed by atoms with Gasteiger partial charge in [0.15, 0.2) is 11.5 Å². The van der Waals surface area contributed by atoms with Crippen molar-refractivity contribution in [1.29, 1.82) is 0 Å². The third-order valence-corrected chi connectivity index (χ3v) is 4.03. The van der Waals surface area contributed by atoms with Crippen LogP contribution in [0.25, 0.3) is 10.9 Å². The number of methoxy groups -OCH3 is 2. The van der Waals surface area contributed by atoms with Crippen LogP contribution < -0.4 is 20.1 Å². The van der Waals surface area contributed by atoms with Crippen molar-refractivity contribution in [3.63, 3.8) is 0 Å². The summed E-state index contributed by atoms with van der Waals surface area (Å²) < 4.78 is 10.8. The standard InChI is InChI=1S/C20H18N6O2/c1-27-16-11-14-15(12-17(16)28-2)24-20(26-19-21-9-6-10-22-19)25-18(14)23-13-7-4-3-5-8-13/h3-12H,1-2H3,(H2,21,22,23,24,25,26). The van der Waals surface area contributed by atoms with Crippen LogP contribution in [0.5, 0.6) is 11.5 Å². The molecule has 0 bridgehead atoms. The fourth-order valence-electron chi connectivity index (χ4n) is 2.73. The van der Waals surface area contributed by atoms with Crippen molar-refractivity contribution < 1.29 is 9.47 Å². The zero-order valence-electron chi connectivity index (χ0n) is 15.4. The predicted octanol–water partition coefficient (Wildman–Crippen LogP) is 3.92. The summed E-state index contributed by atoms with van der Waals surface area (Å²) in [4.78, 5) is 17.5. The van der Waals surface area contributed by atoms with Gasteiger partial charge in [-0.05, 0) is 24.3 Å². The zero-order valence-corrected chi connectivity index (χ0v) is 15.4. The van der Waals surface area contributed by atoms with Gasteiger partial charge in [0.05, 0.1) is 19.7 Å². The number of nitrogens with one attached hydrogen (secondary N) is 2. The molecule has 140 valence electrons. The molecule has 8 heteroatoms. The normalized spacial score (nSPS) is 10.5. The lowest BCUT2D eigenvalue weighted by Gasteiger charge is -2.14. The number of para-hydroxylation sites is 1. The Labute approximate surface area is 161 Å². The molecule has 0 saturated carbocycles. The van der Waals surface area contributed by atoms with Crippen molar-refractivity contribution in [3.8, 4) is 11.5 Å². The smallest absolute Gasteiger partial charge is 0.232 e. The number of fused-ring (bicyclic) bond motifs is 1. The molecule has 2 heterocycles. The lowest BCUT2D eigenvalue weighted by molar-refractivity contribution is 0.356. The van der Waals surface area contributed by atoms with E-state index < -0.39 is 0 Å². The maximum absolute atomic E-state index is 5.43. The van der Waals surface area contributed by atoms with Gasteiger partial charge in [0, 0.05) is 29.5 Å². The second-order valence-electron chi connectivity index (χ2n) is 5.81. The van der Waals surface area contributed by atoms with Gasteiger partial charge >= 0.3 is 0 Å². The van der Waals surface area contributed by atoms with Crippen LogP contribution >= 0.6 is 0 Å². The van der Waals surface area contributed by atoms with Gasteiger partial charge in [0.2, 0.25) is 11.9 Å². The molecule has 2 N–H and O–H groups in total. The number of nitrogens with zero attached hydrogens (tertiary/aromatic N) is 4. The van der Waals surface area contributed by atoms with Crippen molar-refractivity contribution in [3.05, 3.63) is 60.9 Å². The predicted molar refractivity (Wildman–Crippen MR) is 108 cm³/mol. The summed E-state index contributed by atoms with van der Waals surface area (Å²) in [6.07, 6.45) is 3.29. The van der Waals surface area contributed by atoms with Crippen LogP contribution in [0, 0.1) is 0 Å². The van der Waals surface area contributed by atoms with Crippen LogP contribution in [0.15, 0.2) is 60.9 Å². The van der Waals surface area contributed by atoms with Crippen molar-refractivity contribution in [2.75, 3.05) is 24.9 Å². The van der Waals surface area contributed by atoms with Crippen LogP contribution in [-0.2, 0) is 0 Å². The maximum atomic E-state index is 5.43. The van der Waals surface area contributed by atoms with Crippen LogP contribution in [0.1, 0.15) is 0 Å². The van der Waals surface area contributed by atoms with E-state index in [9.17, 15) is 0 Å². The Morgan fingerprint density at radius 1 is 0.750 bits per heavy atom. The second kappa shape index (κ2) is 7.75. The summed E-state index contributed by atoms with van der Waals surface area (Å²) in [5, 5.41) is 7.16. The molecule has 8 nitrogen and oxygen atoms in total. The molecular weight excluding hydrogens is 356 g/mol. The van der Waals surface area contributed by atoms with E-state index in [2.05, 4.69) is 30.6 Å². The largest absolute Gasteiger partial charge is 0.493 e. The lowest BCUT2D eigenvalue weighted by atomic mass is 10.2. The lowest BCUT2D eigenvalue weighted by Crippen LogP contribution is -2.04. The molecule has 2 aromatic heterocycles. The maximum Gasteiger partial charge on any atom is 0.232 e. The molecule has 0 aliphatic heterocycles. The van der Waals surface area contributed by atoms with Crippen LogP contribution in [0.3, 0.4) is 0 Å². The number of ether oxygens (including phenoxy) is 2. The summed E-state index contributed by atoms with van der Waals surface area (Å²) in [5.74, 6) is 2.58. The van der Waals surface area contributed by atoms with E-state index >= 15 is 0 Å². The minimum atomic E-state index is 0.365. The number of anilines is 4. The fourth-order valence-corrected chi connectivity index (χ4v) is 2.73. The average Bonchev–Trinajstić information content (AvgIpc) is 2.74. The monoisotopic (exact) mass is 374 g/mol. The Morgan fingerprint density at radius 3 is 2.18 bits per heavy atom. The summed E-state index contributed by atoms with van der Waals surface area (Å²) >= 11 is 0. The minimum absolute atomic E-state index is 0.365. The Hall–Kier alpha value is -3.94. The van der Waals surface area contributed by atoms with Crippen molar-refractivity contribution in [2.45, 2.75) is 0 Å². The number of hydrogen-bond acceptors (Lipinski definition) is 8. The molecule has 0 fully saturated rings. The molecule has 0 amide bonds. The molecule has 0 aliphatic rings. The second-order valence-corrected chi connectivity index (χ2v) is 5.81. The first-order valence-corrected chi connectivity index (χ1v) is 8.56. The van der Waals surface area contributed by atoms with E-state index in [0.29, 0.717) is 34.7 Å². The molecule has 4 rings (SSSR count). The van der Waals surface area contributed by atoms with Crippen LogP contribution in [0.2, 0.25) is 0 Å². The third kappa shape index (κ3) is 3.61. The molecule has 28 heavy (non-hydrogen) atoms. The molecule has 0 atom stereocenters. The van der Waals surface area contributed by atoms with Crippen LogP contribution in [0.4, 0.5) is 23.4 Å². The van der Waals surface area contributed by atoms with E-state index in [0.717, 1.165) is 11.1 Å². The summed E-state index contributed by atoms with van der Waals surface area (Å²) in [6, 6.07) is 15.2. The first-order valence-electron chi connectivity index (χ1n) is 8.56. The SMILES string of the molecule is COc1cc2nc(Nc3ncccn3)nc(Nc3ccccc3)c2cc1OC. The Bertz CT molecular complexity index is 1090. The molecule has 0 saturated heterocycles. The minimum Gasteiger partial charge on any atom is -0.493 e. The Kier molecular flexibility index (Phi) is 4.83. The molecule has 0 unspecified atom stereocenters. The van der Waals surface area contributed by atoms with Crippen molar-refractivity contribution >= 4 is 34.3 Å². The van der Waals surface area contributed by atoms with Crippen molar-refractivity contribution in [2.24, 2.45) is 0 Å². The Morgan fingerprint density at radius 2 is 1.46 bits per heavy atom. The number of hydrogen-bond donors (Lipinski definition) is 2. The van der Waals surface area contributed by atoms with Gasteiger partial charge in [-0.3, -0.25) is 5.32 Å². The molecule has 0 spiro atoms. The van der Waals surface area contributed by atoms with Gasteiger partial charge in [0.1, 0.15) is 5.82 Å². The van der Waals surface area contributed by atoms with E-state index in [1.165, 1.54) is 0 Å². The van der Waals surface area contributed by atoms with Gasteiger partial charge in [-0.1, -0.05) is 18.2 Å². The van der Waals surface area contributed by atoms with Gasteiger partial charge < -0.3 is 14.8 Å². The molecule has 0 aliphatic carbocycles. The summed E-state index contributed by atoms with van der Waals surface area (Å²) in [6.45, 7) is 0. The third-order valence-electron chi connectivity index (χ3n) is 4.03. The van der Waals surface area contributed by atoms with Gasteiger partial charge in [-0.2, -0.15) is 4.98 Å². The van der Waals surface area contributed by atoms with Crippen LogP contribution in [-0.4, -0.2) is 34.2 Å². The molecular formula is C20H18N6O2. The van der Waals surface area contributed by atoms with Crippen molar-refractivity contribution in [1.82, 2.24) is 19.9 Å². The van der Waals surface area contributed by atoms with Gasteiger partial charge in [0.25, 0.3) is 0 Å². The van der Waals surface area contributed by atoms with E-state index in [1.54, 1.807) is 32.7 Å². The number of rotatable bonds is 6. The molecule has 0 radical (unpaired) electrons.